The number of nitrogen functional groups attached to an aromatic ring is 1. The van der Waals surface area contributed by atoms with Crippen LogP contribution in [0.2, 0.25) is 0 Å². The summed E-state index contributed by atoms with van der Waals surface area (Å²) in [5.41, 5.74) is 6.83. The van der Waals surface area contributed by atoms with E-state index in [2.05, 4.69) is 5.32 Å². The first-order valence-electron chi connectivity index (χ1n) is 6.49. The van der Waals surface area contributed by atoms with Gasteiger partial charge in [0.2, 0.25) is 0 Å². The molecular formula is C14H20N2O3. The molecule has 0 heterocycles. The molecule has 1 aliphatic carbocycles. The Labute approximate surface area is 113 Å². The fraction of sp³-hybridized carbons (Fsp3) is 0.500. The lowest BCUT2D eigenvalue weighted by molar-refractivity contribution is 0.0176. The van der Waals surface area contributed by atoms with Crippen molar-refractivity contribution in [2.24, 2.45) is 0 Å². The van der Waals surface area contributed by atoms with E-state index in [1.54, 1.807) is 25.3 Å². The number of benzene rings is 1. The minimum absolute atomic E-state index is 0.118. The van der Waals surface area contributed by atoms with E-state index in [9.17, 15) is 4.79 Å². The molecular weight excluding hydrogens is 244 g/mol. The van der Waals surface area contributed by atoms with Gasteiger partial charge in [0.15, 0.2) is 0 Å². The number of methoxy groups -OCH3 is 1. The Morgan fingerprint density at radius 3 is 2.79 bits per heavy atom. The molecule has 19 heavy (non-hydrogen) atoms. The third-order valence-electron chi connectivity index (χ3n) is 3.27. The van der Waals surface area contributed by atoms with Crippen LogP contribution in [0.15, 0.2) is 18.2 Å². The van der Waals surface area contributed by atoms with Gasteiger partial charge in [-0.3, -0.25) is 4.79 Å². The Balaban J connectivity index is 1.98. The Bertz CT molecular complexity index is 456. The SMILES string of the molecule is CCOc1cc(N)cc(C(=O)NC2CC(OC)C2)c1. The maximum atomic E-state index is 12.1. The lowest BCUT2D eigenvalue weighted by Crippen LogP contribution is -2.47. The Morgan fingerprint density at radius 2 is 2.16 bits per heavy atom. The molecule has 104 valence electrons. The molecule has 1 aromatic rings. The fourth-order valence-electron chi connectivity index (χ4n) is 2.15. The second-order valence-corrected chi connectivity index (χ2v) is 4.72. The molecule has 0 radical (unpaired) electrons. The van der Waals surface area contributed by atoms with Crippen LogP contribution in [0.4, 0.5) is 5.69 Å². The average Bonchev–Trinajstić information content (AvgIpc) is 2.32. The molecule has 3 N–H and O–H groups in total. The zero-order valence-corrected chi connectivity index (χ0v) is 11.3. The summed E-state index contributed by atoms with van der Waals surface area (Å²) >= 11 is 0. The van der Waals surface area contributed by atoms with Gasteiger partial charge in [-0.25, -0.2) is 0 Å². The molecule has 5 nitrogen and oxygen atoms in total. The van der Waals surface area contributed by atoms with Crippen LogP contribution in [0.1, 0.15) is 30.1 Å². The first kappa shape index (κ1) is 13.7. The molecule has 0 spiro atoms. The van der Waals surface area contributed by atoms with E-state index in [1.807, 2.05) is 6.92 Å². The number of hydrogen-bond donors (Lipinski definition) is 2. The number of hydrogen-bond acceptors (Lipinski definition) is 4. The van der Waals surface area contributed by atoms with Crippen molar-refractivity contribution >= 4 is 11.6 Å². The minimum atomic E-state index is -0.118. The highest BCUT2D eigenvalue weighted by Crippen LogP contribution is 2.24. The van der Waals surface area contributed by atoms with Crippen molar-refractivity contribution in [1.29, 1.82) is 0 Å². The minimum Gasteiger partial charge on any atom is -0.494 e. The molecule has 0 aromatic heterocycles. The van der Waals surface area contributed by atoms with E-state index >= 15 is 0 Å². The third kappa shape index (κ3) is 3.38. The largest absolute Gasteiger partial charge is 0.494 e. The predicted molar refractivity (Wildman–Crippen MR) is 73.3 cm³/mol. The van der Waals surface area contributed by atoms with E-state index in [-0.39, 0.29) is 18.1 Å². The van der Waals surface area contributed by atoms with Crippen LogP contribution in [0, 0.1) is 0 Å². The quantitative estimate of drug-likeness (QED) is 0.792. The normalized spacial score (nSPS) is 21.6. The molecule has 0 atom stereocenters. The summed E-state index contributed by atoms with van der Waals surface area (Å²) in [6, 6.07) is 5.27. The monoisotopic (exact) mass is 264 g/mol. The fourth-order valence-corrected chi connectivity index (χ4v) is 2.15. The first-order chi connectivity index (χ1) is 9.12. The van der Waals surface area contributed by atoms with Gasteiger partial charge in [-0.2, -0.15) is 0 Å². The van der Waals surface area contributed by atoms with Crippen LogP contribution in [0.25, 0.3) is 0 Å². The Kier molecular flexibility index (Phi) is 4.27. The molecule has 0 saturated heterocycles. The van der Waals surface area contributed by atoms with E-state index in [1.165, 1.54) is 0 Å². The molecule has 0 bridgehead atoms. The zero-order chi connectivity index (χ0) is 13.8. The van der Waals surface area contributed by atoms with E-state index in [4.69, 9.17) is 15.2 Å². The van der Waals surface area contributed by atoms with E-state index in [0.29, 0.717) is 23.6 Å². The maximum absolute atomic E-state index is 12.1. The molecule has 1 aliphatic rings. The predicted octanol–water partition coefficient (Wildman–Crippen LogP) is 1.57. The van der Waals surface area contributed by atoms with Gasteiger partial charge in [-0.05, 0) is 31.9 Å². The molecule has 0 aliphatic heterocycles. The number of anilines is 1. The van der Waals surface area contributed by atoms with E-state index < -0.39 is 0 Å². The summed E-state index contributed by atoms with van der Waals surface area (Å²) in [7, 11) is 1.69. The van der Waals surface area contributed by atoms with Crippen molar-refractivity contribution < 1.29 is 14.3 Å². The van der Waals surface area contributed by atoms with Gasteiger partial charge in [0.05, 0.1) is 12.7 Å². The summed E-state index contributed by atoms with van der Waals surface area (Å²) in [6.45, 7) is 2.44. The van der Waals surface area contributed by atoms with Gasteiger partial charge in [0, 0.05) is 30.5 Å². The van der Waals surface area contributed by atoms with Gasteiger partial charge in [-0.1, -0.05) is 0 Å². The number of rotatable bonds is 5. The Hall–Kier alpha value is -1.75. The topological polar surface area (TPSA) is 73.6 Å². The van der Waals surface area contributed by atoms with Crippen LogP contribution >= 0.6 is 0 Å². The smallest absolute Gasteiger partial charge is 0.251 e. The molecule has 5 heteroatoms. The highest BCUT2D eigenvalue weighted by Gasteiger charge is 2.30. The molecule has 1 aromatic carbocycles. The lowest BCUT2D eigenvalue weighted by Gasteiger charge is -2.34. The standard InChI is InChI=1S/C14H20N2O3/c1-3-19-13-5-9(4-10(15)6-13)14(17)16-11-7-12(8-11)18-2/h4-6,11-12H,3,7-8,15H2,1-2H3,(H,16,17). The molecule has 0 unspecified atom stereocenters. The van der Waals surface area contributed by atoms with Crippen LogP contribution in [0.3, 0.4) is 0 Å². The second-order valence-electron chi connectivity index (χ2n) is 4.72. The molecule has 1 amide bonds. The van der Waals surface area contributed by atoms with Gasteiger partial charge in [0.25, 0.3) is 5.91 Å². The van der Waals surface area contributed by atoms with Gasteiger partial charge in [-0.15, -0.1) is 0 Å². The van der Waals surface area contributed by atoms with Crippen molar-refractivity contribution in [3.8, 4) is 5.75 Å². The average molecular weight is 264 g/mol. The van der Waals surface area contributed by atoms with Gasteiger partial charge >= 0.3 is 0 Å². The number of amides is 1. The van der Waals surface area contributed by atoms with Gasteiger partial charge < -0.3 is 20.5 Å². The van der Waals surface area contributed by atoms with Crippen LogP contribution in [-0.4, -0.2) is 31.8 Å². The summed E-state index contributed by atoms with van der Waals surface area (Å²) < 4.78 is 10.6. The van der Waals surface area contributed by atoms with Crippen molar-refractivity contribution in [2.75, 3.05) is 19.5 Å². The maximum Gasteiger partial charge on any atom is 0.251 e. The van der Waals surface area contributed by atoms with Crippen LogP contribution in [-0.2, 0) is 4.74 Å². The summed E-state index contributed by atoms with van der Waals surface area (Å²) in [5.74, 6) is 0.504. The van der Waals surface area contributed by atoms with Crippen LogP contribution in [0.5, 0.6) is 5.75 Å². The summed E-state index contributed by atoms with van der Waals surface area (Å²) in [4.78, 5) is 12.1. The number of carbonyl (C=O) groups is 1. The third-order valence-corrected chi connectivity index (χ3v) is 3.27. The highest BCUT2D eigenvalue weighted by atomic mass is 16.5. The van der Waals surface area contributed by atoms with Crippen molar-refractivity contribution in [3.05, 3.63) is 23.8 Å². The van der Waals surface area contributed by atoms with E-state index in [0.717, 1.165) is 12.8 Å². The van der Waals surface area contributed by atoms with Crippen LogP contribution < -0.4 is 15.8 Å². The van der Waals surface area contributed by atoms with Gasteiger partial charge in [0.1, 0.15) is 5.75 Å². The first-order valence-corrected chi connectivity index (χ1v) is 6.49. The lowest BCUT2D eigenvalue weighted by atomic mass is 9.89. The summed E-state index contributed by atoms with van der Waals surface area (Å²) in [6.07, 6.45) is 2.00. The Morgan fingerprint density at radius 1 is 1.42 bits per heavy atom. The molecule has 2 rings (SSSR count). The molecule has 1 saturated carbocycles. The second kappa shape index (κ2) is 5.93. The van der Waals surface area contributed by atoms with Crippen molar-refractivity contribution in [1.82, 2.24) is 5.32 Å². The summed E-state index contributed by atoms with van der Waals surface area (Å²) in [5, 5.41) is 2.96. The number of nitrogens with two attached hydrogens (primary N) is 1. The van der Waals surface area contributed by atoms with Crippen molar-refractivity contribution in [3.63, 3.8) is 0 Å². The van der Waals surface area contributed by atoms with Crippen molar-refractivity contribution in [2.45, 2.75) is 31.9 Å². The number of carbonyl (C=O) groups excluding carboxylic acids is 1. The number of nitrogens with one attached hydrogen (secondary N) is 1. The molecule has 1 fully saturated rings. The number of ether oxygens (including phenoxy) is 2. The zero-order valence-electron chi connectivity index (χ0n) is 11.3. The highest BCUT2D eigenvalue weighted by molar-refractivity contribution is 5.95.